The van der Waals surface area contributed by atoms with Gasteiger partial charge in [-0.1, -0.05) is 11.6 Å². The Hall–Kier alpha value is -1.92. The molecule has 5 nitrogen and oxygen atoms in total. The fourth-order valence-electron chi connectivity index (χ4n) is 1.47. The predicted molar refractivity (Wildman–Crippen MR) is 78.3 cm³/mol. The molecule has 1 aromatic carbocycles. The number of amides is 1. The normalized spacial score (nSPS) is 10.1. The van der Waals surface area contributed by atoms with Gasteiger partial charge in [-0.05, 0) is 40.2 Å². The van der Waals surface area contributed by atoms with Crippen molar-refractivity contribution in [2.75, 3.05) is 5.32 Å². The van der Waals surface area contributed by atoms with Crippen LogP contribution in [-0.2, 0) is 0 Å². The summed E-state index contributed by atoms with van der Waals surface area (Å²) in [6.45, 7) is 0. The number of pyridine rings is 1. The molecule has 0 bridgehead atoms. The Kier molecular flexibility index (Phi) is 4.36. The highest BCUT2D eigenvalue weighted by Crippen LogP contribution is 2.23. The lowest BCUT2D eigenvalue weighted by Crippen LogP contribution is -2.12. The number of halogens is 2. The second kappa shape index (κ2) is 6.02. The number of anilines is 1. The largest absolute Gasteiger partial charge is 0.478 e. The number of carbonyl (C=O) groups excluding carboxylic acids is 1. The molecule has 2 N–H and O–H groups in total. The maximum absolute atomic E-state index is 12.0. The summed E-state index contributed by atoms with van der Waals surface area (Å²) < 4.78 is 0.685. The number of nitrogens with one attached hydrogen (secondary N) is 1. The van der Waals surface area contributed by atoms with Crippen molar-refractivity contribution in [2.45, 2.75) is 0 Å². The van der Waals surface area contributed by atoms with Gasteiger partial charge in [-0.3, -0.25) is 9.78 Å². The molecule has 1 amide bonds. The molecule has 0 atom stereocenters. The molecule has 0 spiro atoms. The van der Waals surface area contributed by atoms with Crippen LogP contribution < -0.4 is 5.32 Å². The number of rotatable bonds is 3. The van der Waals surface area contributed by atoms with E-state index in [1.54, 1.807) is 12.1 Å². The average molecular weight is 356 g/mol. The maximum atomic E-state index is 12.0. The van der Waals surface area contributed by atoms with Crippen LogP contribution in [0.1, 0.15) is 20.7 Å². The van der Waals surface area contributed by atoms with E-state index in [2.05, 4.69) is 26.2 Å². The minimum Gasteiger partial charge on any atom is -0.478 e. The number of benzene rings is 1. The highest BCUT2D eigenvalue weighted by molar-refractivity contribution is 9.10. The molecule has 7 heteroatoms. The Labute approximate surface area is 127 Å². The summed E-state index contributed by atoms with van der Waals surface area (Å²) in [5.74, 6) is -1.51. The summed E-state index contributed by atoms with van der Waals surface area (Å²) >= 11 is 9.14. The molecule has 0 aliphatic rings. The minimum atomic E-state index is -1.11. The third-order valence-corrected chi connectivity index (χ3v) is 3.66. The van der Waals surface area contributed by atoms with E-state index in [-0.39, 0.29) is 5.56 Å². The van der Waals surface area contributed by atoms with E-state index in [4.69, 9.17) is 16.7 Å². The van der Waals surface area contributed by atoms with Crippen LogP contribution in [-0.4, -0.2) is 22.0 Å². The number of carboxylic acid groups (broad SMARTS) is 1. The molecule has 0 saturated carbocycles. The monoisotopic (exact) mass is 354 g/mol. The van der Waals surface area contributed by atoms with Crippen LogP contribution in [0.3, 0.4) is 0 Å². The van der Waals surface area contributed by atoms with E-state index in [1.165, 1.54) is 24.5 Å². The lowest BCUT2D eigenvalue weighted by atomic mass is 10.2. The average Bonchev–Trinajstić information content (AvgIpc) is 2.42. The van der Waals surface area contributed by atoms with Crippen LogP contribution in [0.15, 0.2) is 41.1 Å². The summed E-state index contributed by atoms with van der Waals surface area (Å²) in [7, 11) is 0. The number of hydrogen-bond donors (Lipinski definition) is 2. The van der Waals surface area contributed by atoms with Gasteiger partial charge in [0.2, 0.25) is 0 Å². The van der Waals surface area contributed by atoms with Gasteiger partial charge in [0, 0.05) is 16.2 Å². The van der Waals surface area contributed by atoms with Crippen LogP contribution in [0.2, 0.25) is 5.02 Å². The van der Waals surface area contributed by atoms with Crippen molar-refractivity contribution in [2.24, 2.45) is 0 Å². The van der Waals surface area contributed by atoms with Crippen LogP contribution in [0, 0.1) is 0 Å². The minimum absolute atomic E-state index is 0.00311. The Bertz CT molecular complexity index is 691. The molecule has 0 unspecified atom stereocenters. The van der Waals surface area contributed by atoms with Crippen molar-refractivity contribution < 1.29 is 14.7 Å². The summed E-state index contributed by atoms with van der Waals surface area (Å²) in [4.78, 5) is 26.6. The van der Waals surface area contributed by atoms with Gasteiger partial charge in [-0.15, -0.1) is 0 Å². The smallest absolute Gasteiger partial charge is 0.337 e. The molecule has 2 rings (SSSR count). The lowest BCUT2D eigenvalue weighted by Gasteiger charge is -2.06. The number of carbonyl (C=O) groups is 2. The molecule has 102 valence electrons. The molecule has 1 aromatic heterocycles. The molecule has 0 saturated heterocycles. The van der Waals surface area contributed by atoms with Crippen molar-refractivity contribution in [3.63, 3.8) is 0 Å². The van der Waals surface area contributed by atoms with Gasteiger partial charge in [0.15, 0.2) is 0 Å². The zero-order valence-electron chi connectivity index (χ0n) is 9.93. The molecular formula is C13H8BrClN2O3. The number of aromatic nitrogens is 1. The molecular weight excluding hydrogens is 348 g/mol. The lowest BCUT2D eigenvalue weighted by molar-refractivity contribution is 0.0696. The fourth-order valence-corrected chi connectivity index (χ4v) is 1.89. The van der Waals surface area contributed by atoms with Crippen molar-refractivity contribution >= 4 is 45.1 Å². The first-order valence-corrected chi connectivity index (χ1v) is 6.59. The van der Waals surface area contributed by atoms with Gasteiger partial charge in [-0.2, -0.15) is 0 Å². The number of carboxylic acids is 1. The standard InChI is InChI=1S/C13H8BrClN2O3/c14-10-2-1-7(4-11(10)15)12(18)17-9-3-8(13(19)20)5-16-6-9/h1-6H,(H,17,18)(H,19,20). The highest BCUT2D eigenvalue weighted by atomic mass is 79.9. The van der Waals surface area contributed by atoms with Crippen molar-refractivity contribution in [3.05, 3.63) is 57.3 Å². The van der Waals surface area contributed by atoms with Gasteiger partial charge < -0.3 is 10.4 Å². The second-order valence-electron chi connectivity index (χ2n) is 3.85. The number of aromatic carboxylic acids is 1. The van der Waals surface area contributed by atoms with Crippen molar-refractivity contribution in [1.82, 2.24) is 4.98 Å². The van der Waals surface area contributed by atoms with Crippen molar-refractivity contribution in [1.29, 1.82) is 0 Å². The molecule has 2 aromatic rings. The van der Waals surface area contributed by atoms with Gasteiger partial charge in [0.05, 0.1) is 22.5 Å². The topological polar surface area (TPSA) is 79.3 Å². The number of nitrogens with zero attached hydrogens (tertiary/aromatic N) is 1. The quantitative estimate of drug-likeness (QED) is 0.884. The van der Waals surface area contributed by atoms with E-state index in [9.17, 15) is 9.59 Å². The molecule has 0 aliphatic carbocycles. The first kappa shape index (κ1) is 14.5. The summed E-state index contributed by atoms with van der Waals surface area (Å²) in [5.41, 5.74) is 0.657. The third kappa shape index (κ3) is 3.34. The fraction of sp³-hybridized carbons (Fsp3) is 0. The summed E-state index contributed by atoms with van der Waals surface area (Å²) in [6, 6.07) is 6.09. The van der Waals surface area contributed by atoms with Gasteiger partial charge in [0.1, 0.15) is 0 Å². The predicted octanol–water partition coefficient (Wildman–Crippen LogP) is 3.45. The van der Waals surface area contributed by atoms with E-state index in [0.717, 1.165) is 0 Å². The molecule has 20 heavy (non-hydrogen) atoms. The van der Waals surface area contributed by atoms with Crippen LogP contribution in [0.4, 0.5) is 5.69 Å². The first-order valence-electron chi connectivity index (χ1n) is 5.42. The van der Waals surface area contributed by atoms with Gasteiger partial charge >= 0.3 is 5.97 Å². The van der Waals surface area contributed by atoms with E-state index >= 15 is 0 Å². The zero-order chi connectivity index (χ0) is 14.7. The Balaban J connectivity index is 2.21. The van der Waals surface area contributed by atoms with E-state index in [1.807, 2.05) is 0 Å². The summed E-state index contributed by atoms with van der Waals surface area (Å²) in [6.07, 6.45) is 2.57. The molecule has 0 aliphatic heterocycles. The first-order chi connectivity index (χ1) is 9.47. The van der Waals surface area contributed by atoms with E-state index < -0.39 is 11.9 Å². The summed E-state index contributed by atoms with van der Waals surface area (Å²) in [5, 5.41) is 11.8. The molecule has 0 fully saturated rings. The van der Waals surface area contributed by atoms with Gasteiger partial charge in [0.25, 0.3) is 5.91 Å². The van der Waals surface area contributed by atoms with E-state index in [0.29, 0.717) is 20.7 Å². The Morgan fingerprint density at radius 3 is 2.60 bits per heavy atom. The molecule has 1 heterocycles. The Morgan fingerprint density at radius 1 is 1.20 bits per heavy atom. The van der Waals surface area contributed by atoms with Crippen LogP contribution >= 0.6 is 27.5 Å². The zero-order valence-corrected chi connectivity index (χ0v) is 12.3. The third-order valence-electron chi connectivity index (χ3n) is 2.42. The van der Waals surface area contributed by atoms with Gasteiger partial charge in [-0.25, -0.2) is 4.79 Å². The number of hydrogen-bond acceptors (Lipinski definition) is 3. The second-order valence-corrected chi connectivity index (χ2v) is 5.11. The van der Waals surface area contributed by atoms with Crippen molar-refractivity contribution in [3.8, 4) is 0 Å². The Morgan fingerprint density at radius 2 is 1.95 bits per heavy atom. The highest BCUT2D eigenvalue weighted by Gasteiger charge is 2.10. The SMILES string of the molecule is O=C(O)c1cncc(NC(=O)c2ccc(Br)c(Cl)c2)c1. The van der Waals surface area contributed by atoms with Crippen LogP contribution in [0.25, 0.3) is 0 Å². The maximum Gasteiger partial charge on any atom is 0.337 e. The van der Waals surface area contributed by atoms with Crippen LogP contribution in [0.5, 0.6) is 0 Å². The molecule has 0 radical (unpaired) electrons.